The number of nitrogen functional groups attached to an aromatic ring is 1. The largest absolute Gasteiger partial charge is 0.479 e. The van der Waals surface area contributed by atoms with E-state index in [0.717, 1.165) is 23.4 Å². The minimum absolute atomic E-state index is 0.143. The Morgan fingerprint density at radius 1 is 1.22 bits per heavy atom. The molecule has 1 rings (SSSR count). The van der Waals surface area contributed by atoms with E-state index in [1.54, 1.807) is 0 Å². The summed E-state index contributed by atoms with van der Waals surface area (Å²) in [6.45, 7) is 7.75. The molecule has 0 aromatic carbocycles. The zero-order valence-electron chi connectivity index (χ0n) is 11.4. The van der Waals surface area contributed by atoms with E-state index in [-0.39, 0.29) is 17.5 Å². The minimum atomic E-state index is -1.84. The van der Waals surface area contributed by atoms with Crippen LogP contribution in [0.2, 0.25) is 18.1 Å². The lowest BCUT2D eigenvalue weighted by Crippen LogP contribution is -2.49. The number of rotatable bonds is 5. The summed E-state index contributed by atoms with van der Waals surface area (Å²) < 4.78 is 0. The van der Waals surface area contributed by atoms with Crippen molar-refractivity contribution in [3.63, 3.8) is 0 Å². The molecule has 0 bridgehead atoms. The van der Waals surface area contributed by atoms with Crippen molar-refractivity contribution >= 4 is 24.9 Å². The smallest absolute Gasteiger partial charge is 0.314 e. The van der Waals surface area contributed by atoms with Crippen molar-refractivity contribution in [3.8, 4) is 6.01 Å². The van der Waals surface area contributed by atoms with Gasteiger partial charge in [-0.25, -0.2) is 4.98 Å². The lowest BCUT2D eigenvalue weighted by atomic mass is 10.2. The van der Waals surface area contributed by atoms with Gasteiger partial charge in [0.15, 0.2) is 5.78 Å². The van der Waals surface area contributed by atoms with E-state index in [0.29, 0.717) is 5.69 Å². The van der Waals surface area contributed by atoms with Gasteiger partial charge in [0.25, 0.3) is 0 Å². The second kappa shape index (κ2) is 5.47. The Bertz CT molecular complexity index is 451. The van der Waals surface area contributed by atoms with E-state index in [9.17, 15) is 9.90 Å². The molecule has 0 radical (unpaired) electrons. The molecule has 3 N–H and O–H groups in total. The third kappa shape index (κ3) is 2.38. The zero-order chi connectivity index (χ0) is 13.9. The number of ketones is 1. The second-order valence-electron chi connectivity index (χ2n) is 4.53. The monoisotopic (exact) mass is 267 g/mol. The molecule has 0 fully saturated rings. The maximum absolute atomic E-state index is 11.5. The van der Waals surface area contributed by atoms with E-state index in [1.807, 2.05) is 0 Å². The van der Waals surface area contributed by atoms with Crippen molar-refractivity contribution in [1.82, 2.24) is 9.97 Å². The molecular weight excluding hydrogens is 246 g/mol. The Kier molecular flexibility index (Phi) is 4.45. The summed E-state index contributed by atoms with van der Waals surface area (Å²) in [5.74, 6) is -0.238. The number of hydrogen-bond acceptors (Lipinski definition) is 5. The number of anilines is 1. The SMILES string of the molecule is CC[Si](CC)(CC)c1nc(O)nc(C(C)=O)c1N. The number of carbonyl (C=O) groups is 1. The van der Waals surface area contributed by atoms with Gasteiger partial charge in [-0.2, -0.15) is 4.98 Å². The molecule has 0 aliphatic heterocycles. The van der Waals surface area contributed by atoms with Gasteiger partial charge in [-0.05, 0) is 0 Å². The number of nitrogens with zero attached hydrogens (tertiary/aromatic N) is 2. The molecule has 0 atom stereocenters. The zero-order valence-corrected chi connectivity index (χ0v) is 12.4. The lowest BCUT2D eigenvalue weighted by Gasteiger charge is -2.28. The molecule has 1 heterocycles. The van der Waals surface area contributed by atoms with Crippen LogP contribution >= 0.6 is 0 Å². The maximum Gasteiger partial charge on any atom is 0.314 e. The summed E-state index contributed by atoms with van der Waals surface area (Å²) in [4.78, 5) is 19.4. The number of hydrogen-bond donors (Lipinski definition) is 2. The first kappa shape index (κ1) is 14.6. The minimum Gasteiger partial charge on any atom is -0.479 e. The Hall–Kier alpha value is -1.43. The average molecular weight is 267 g/mol. The molecule has 6 heteroatoms. The van der Waals surface area contributed by atoms with Crippen LogP contribution < -0.4 is 11.1 Å². The Morgan fingerprint density at radius 2 is 1.72 bits per heavy atom. The fourth-order valence-electron chi connectivity index (χ4n) is 2.38. The quantitative estimate of drug-likeness (QED) is 0.626. The van der Waals surface area contributed by atoms with Gasteiger partial charge in [0.1, 0.15) is 13.8 Å². The molecular formula is C12H21N3O2Si. The lowest BCUT2D eigenvalue weighted by molar-refractivity contribution is 0.101. The highest BCUT2D eigenvalue weighted by molar-refractivity contribution is 6.92. The molecule has 0 saturated heterocycles. The summed E-state index contributed by atoms with van der Waals surface area (Å²) in [5.41, 5.74) is 6.55. The van der Waals surface area contributed by atoms with Crippen LogP contribution in [0.4, 0.5) is 5.69 Å². The van der Waals surface area contributed by atoms with Crippen LogP contribution in [0.15, 0.2) is 0 Å². The Balaban J connectivity index is 3.53. The van der Waals surface area contributed by atoms with Gasteiger partial charge in [0.05, 0.1) is 11.0 Å². The molecule has 1 aromatic rings. The molecule has 0 saturated carbocycles. The van der Waals surface area contributed by atoms with Crippen LogP contribution in [-0.2, 0) is 0 Å². The number of carbonyl (C=O) groups excluding carboxylic acids is 1. The predicted octanol–water partition coefficient (Wildman–Crippen LogP) is 1.68. The van der Waals surface area contributed by atoms with Gasteiger partial charge < -0.3 is 10.8 Å². The van der Waals surface area contributed by atoms with Crippen molar-refractivity contribution in [2.45, 2.75) is 45.8 Å². The summed E-state index contributed by atoms with van der Waals surface area (Å²) in [7, 11) is -1.84. The van der Waals surface area contributed by atoms with E-state index in [4.69, 9.17) is 5.73 Å². The highest BCUT2D eigenvalue weighted by atomic mass is 28.3. The first-order valence-corrected chi connectivity index (χ1v) is 8.91. The van der Waals surface area contributed by atoms with Crippen LogP contribution in [0, 0.1) is 0 Å². The highest BCUT2D eigenvalue weighted by Gasteiger charge is 2.35. The van der Waals surface area contributed by atoms with Crippen molar-refractivity contribution in [3.05, 3.63) is 5.69 Å². The van der Waals surface area contributed by atoms with Gasteiger partial charge in [-0.3, -0.25) is 4.79 Å². The fourth-order valence-corrected chi connectivity index (χ4v) is 5.91. The summed E-state index contributed by atoms with van der Waals surface area (Å²) in [5, 5.41) is 10.3. The number of Topliss-reactive ketones (excluding diaryl/α,β-unsaturated/α-hetero) is 1. The second-order valence-corrected chi connectivity index (χ2v) is 9.69. The first-order valence-electron chi connectivity index (χ1n) is 6.29. The standard InChI is InChI=1S/C12H21N3O2Si/c1-5-18(6-2,7-3)11-9(13)10(8(4)16)14-12(17)15-11/h5-7,13H2,1-4H3,(H,14,15,17). The van der Waals surface area contributed by atoms with Gasteiger partial charge in [-0.1, -0.05) is 38.9 Å². The third-order valence-electron chi connectivity index (χ3n) is 3.80. The predicted molar refractivity (Wildman–Crippen MR) is 74.9 cm³/mol. The van der Waals surface area contributed by atoms with Gasteiger partial charge in [-0.15, -0.1) is 0 Å². The number of aromatic nitrogens is 2. The summed E-state index contributed by atoms with van der Waals surface area (Å²) >= 11 is 0. The molecule has 18 heavy (non-hydrogen) atoms. The molecule has 0 spiro atoms. The highest BCUT2D eigenvalue weighted by Crippen LogP contribution is 2.24. The van der Waals surface area contributed by atoms with Crippen LogP contribution in [-0.4, -0.2) is 28.9 Å². The van der Waals surface area contributed by atoms with Crippen molar-refractivity contribution in [2.75, 3.05) is 5.73 Å². The van der Waals surface area contributed by atoms with Gasteiger partial charge >= 0.3 is 6.01 Å². The van der Waals surface area contributed by atoms with E-state index < -0.39 is 8.07 Å². The van der Waals surface area contributed by atoms with Gasteiger partial charge in [0.2, 0.25) is 0 Å². The normalized spacial score (nSPS) is 11.6. The maximum atomic E-state index is 11.5. The fraction of sp³-hybridized carbons (Fsp3) is 0.583. The first-order chi connectivity index (χ1) is 8.41. The Morgan fingerprint density at radius 3 is 2.11 bits per heavy atom. The average Bonchev–Trinajstić information content (AvgIpc) is 2.35. The van der Waals surface area contributed by atoms with E-state index in [1.165, 1.54) is 6.92 Å². The topological polar surface area (TPSA) is 89.1 Å². The van der Waals surface area contributed by atoms with Crippen LogP contribution in [0.5, 0.6) is 6.01 Å². The number of aromatic hydroxyl groups is 1. The Labute approximate surface area is 108 Å². The van der Waals surface area contributed by atoms with Gasteiger partial charge in [0, 0.05) is 6.92 Å². The molecule has 0 aliphatic carbocycles. The van der Waals surface area contributed by atoms with Crippen LogP contribution in [0.1, 0.15) is 38.2 Å². The third-order valence-corrected chi connectivity index (χ3v) is 9.25. The molecule has 100 valence electrons. The molecule has 0 amide bonds. The van der Waals surface area contributed by atoms with Crippen LogP contribution in [0.25, 0.3) is 0 Å². The summed E-state index contributed by atoms with van der Waals surface area (Å²) in [6.07, 6.45) is 0. The summed E-state index contributed by atoms with van der Waals surface area (Å²) in [6, 6.07) is 2.60. The van der Waals surface area contributed by atoms with Crippen LogP contribution in [0.3, 0.4) is 0 Å². The number of nitrogens with two attached hydrogens (primary N) is 1. The van der Waals surface area contributed by atoms with E-state index in [2.05, 4.69) is 30.7 Å². The molecule has 5 nitrogen and oxygen atoms in total. The van der Waals surface area contributed by atoms with Crippen molar-refractivity contribution in [2.24, 2.45) is 0 Å². The van der Waals surface area contributed by atoms with E-state index >= 15 is 0 Å². The molecule has 0 aliphatic rings. The van der Waals surface area contributed by atoms with Crippen molar-refractivity contribution in [1.29, 1.82) is 0 Å². The molecule has 0 unspecified atom stereocenters. The molecule has 1 aromatic heterocycles. The van der Waals surface area contributed by atoms with Crippen molar-refractivity contribution < 1.29 is 9.90 Å².